The number of pyridine rings is 1. The quantitative estimate of drug-likeness (QED) is 0.719. The van der Waals surface area contributed by atoms with Gasteiger partial charge in [0.2, 0.25) is 0 Å². The van der Waals surface area contributed by atoms with E-state index in [9.17, 15) is 0 Å². The Morgan fingerprint density at radius 3 is 2.65 bits per heavy atom. The fourth-order valence-corrected chi connectivity index (χ4v) is 3.06. The van der Waals surface area contributed by atoms with E-state index in [2.05, 4.69) is 34.7 Å². The third-order valence-corrected chi connectivity index (χ3v) is 4.10. The van der Waals surface area contributed by atoms with Gasteiger partial charge in [-0.3, -0.25) is 0 Å². The van der Waals surface area contributed by atoms with E-state index in [1.54, 1.807) is 0 Å². The first-order valence-electron chi connectivity index (χ1n) is 6.77. The van der Waals surface area contributed by atoms with Gasteiger partial charge in [-0.15, -0.1) is 0 Å². The first kappa shape index (κ1) is 10.9. The van der Waals surface area contributed by atoms with Crippen molar-refractivity contribution < 1.29 is 0 Å². The molecule has 0 amide bonds. The Hall–Kier alpha value is -1.25. The van der Waals surface area contributed by atoms with Gasteiger partial charge < -0.3 is 10.6 Å². The van der Waals surface area contributed by atoms with Crippen molar-refractivity contribution in [1.29, 1.82) is 0 Å². The summed E-state index contributed by atoms with van der Waals surface area (Å²) in [4.78, 5) is 4.62. The molecule has 1 aliphatic carbocycles. The maximum Gasteiger partial charge on any atom is 0.150 e. The molecule has 3 rings (SSSR count). The van der Waals surface area contributed by atoms with Crippen LogP contribution in [0, 0.1) is 6.92 Å². The number of aryl methyl sites for hydroxylation is 1. The van der Waals surface area contributed by atoms with Crippen molar-refractivity contribution in [3.63, 3.8) is 0 Å². The molecular formula is C14H21N3. The first-order valence-corrected chi connectivity index (χ1v) is 6.77. The standard InChI is InChI=1S/C14H21N3/c1-11-6-7-12-13(16-11)17-14(10-15-12)8-4-2-3-5-9-14/h6-7,15H,2-5,8-10H2,1H3,(H,16,17). The smallest absolute Gasteiger partial charge is 0.150 e. The monoisotopic (exact) mass is 231 g/mol. The lowest BCUT2D eigenvalue weighted by Gasteiger charge is -2.39. The molecule has 1 fully saturated rings. The predicted octanol–water partition coefficient (Wildman–Crippen LogP) is 3.32. The third-order valence-electron chi connectivity index (χ3n) is 4.10. The summed E-state index contributed by atoms with van der Waals surface area (Å²) in [6.45, 7) is 3.10. The summed E-state index contributed by atoms with van der Waals surface area (Å²) in [7, 11) is 0. The predicted molar refractivity (Wildman–Crippen MR) is 71.5 cm³/mol. The lowest BCUT2D eigenvalue weighted by molar-refractivity contribution is 0.421. The van der Waals surface area contributed by atoms with E-state index in [1.165, 1.54) is 38.5 Å². The molecule has 0 aromatic carbocycles. The molecular weight excluding hydrogens is 210 g/mol. The second kappa shape index (κ2) is 4.21. The normalized spacial score (nSPS) is 22.2. The Labute approximate surface area is 103 Å². The van der Waals surface area contributed by atoms with E-state index in [0.717, 1.165) is 23.7 Å². The van der Waals surface area contributed by atoms with Crippen molar-refractivity contribution in [3.05, 3.63) is 17.8 Å². The molecule has 3 heteroatoms. The molecule has 0 bridgehead atoms. The Kier molecular flexibility index (Phi) is 2.69. The zero-order valence-electron chi connectivity index (χ0n) is 10.6. The molecule has 1 aliphatic heterocycles. The van der Waals surface area contributed by atoms with Gasteiger partial charge in [0.1, 0.15) is 5.82 Å². The van der Waals surface area contributed by atoms with Gasteiger partial charge in [0.05, 0.1) is 11.2 Å². The van der Waals surface area contributed by atoms with Crippen LogP contribution in [0.15, 0.2) is 12.1 Å². The summed E-state index contributed by atoms with van der Waals surface area (Å²) in [6.07, 6.45) is 8.00. The van der Waals surface area contributed by atoms with Crippen LogP contribution < -0.4 is 10.6 Å². The van der Waals surface area contributed by atoms with Crippen molar-refractivity contribution in [2.24, 2.45) is 0 Å². The highest BCUT2D eigenvalue weighted by Crippen LogP contribution is 2.36. The number of anilines is 2. The summed E-state index contributed by atoms with van der Waals surface area (Å²) in [6, 6.07) is 4.20. The summed E-state index contributed by atoms with van der Waals surface area (Å²) in [5.41, 5.74) is 2.50. The van der Waals surface area contributed by atoms with Crippen LogP contribution in [0.2, 0.25) is 0 Å². The van der Waals surface area contributed by atoms with Crippen LogP contribution in [0.3, 0.4) is 0 Å². The highest BCUT2D eigenvalue weighted by atomic mass is 15.2. The summed E-state index contributed by atoms with van der Waals surface area (Å²) in [5, 5.41) is 7.27. The zero-order valence-corrected chi connectivity index (χ0v) is 10.6. The molecule has 1 aromatic rings. The van der Waals surface area contributed by atoms with E-state index >= 15 is 0 Å². The van der Waals surface area contributed by atoms with Gasteiger partial charge >= 0.3 is 0 Å². The maximum absolute atomic E-state index is 4.62. The minimum Gasteiger partial charge on any atom is -0.380 e. The fraction of sp³-hybridized carbons (Fsp3) is 0.643. The van der Waals surface area contributed by atoms with Crippen LogP contribution in [0.5, 0.6) is 0 Å². The van der Waals surface area contributed by atoms with Crippen LogP contribution in [0.1, 0.15) is 44.2 Å². The van der Waals surface area contributed by atoms with Gasteiger partial charge in [-0.25, -0.2) is 4.98 Å². The molecule has 1 saturated carbocycles. The molecule has 0 unspecified atom stereocenters. The van der Waals surface area contributed by atoms with Crippen molar-refractivity contribution in [1.82, 2.24) is 4.98 Å². The molecule has 3 nitrogen and oxygen atoms in total. The average molecular weight is 231 g/mol. The molecule has 2 N–H and O–H groups in total. The van der Waals surface area contributed by atoms with Gasteiger partial charge in [0, 0.05) is 12.2 Å². The lowest BCUT2D eigenvalue weighted by Crippen LogP contribution is -2.47. The third kappa shape index (κ3) is 2.11. The molecule has 2 heterocycles. The van der Waals surface area contributed by atoms with Gasteiger partial charge in [0.25, 0.3) is 0 Å². The fourth-order valence-electron chi connectivity index (χ4n) is 3.06. The Bertz CT molecular complexity index is 406. The number of nitrogens with one attached hydrogen (secondary N) is 2. The van der Waals surface area contributed by atoms with Crippen LogP contribution in [-0.2, 0) is 0 Å². The number of fused-ring (bicyclic) bond motifs is 1. The highest BCUT2D eigenvalue weighted by Gasteiger charge is 2.34. The summed E-state index contributed by atoms with van der Waals surface area (Å²) in [5.74, 6) is 1.05. The van der Waals surface area contributed by atoms with Crippen LogP contribution >= 0.6 is 0 Å². The van der Waals surface area contributed by atoms with E-state index in [-0.39, 0.29) is 5.54 Å². The number of aromatic nitrogens is 1. The van der Waals surface area contributed by atoms with Gasteiger partial charge in [-0.05, 0) is 31.9 Å². The summed E-state index contributed by atoms with van der Waals surface area (Å²) >= 11 is 0. The zero-order chi connectivity index (χ0) is 11.7. The Morgan fingerprint density at radius 2 is 1.88 bits per heavy atom. The molecule has 0 atom stereocenters. The highest BCUT2D eigenvalue weighted by molar-refractivity contribution is 5.68. The molecule has 0 saturated heterocycles. The molecule has 92 valence electrons. The minimum absolute atomic E-state index is 0.254. The van der Waals surface area contributed by atoms with Crippen molar-refractivity contribution >= 4 is 11.5 Å². The summed E-state index contributed by atoms with van der Waals surface area (Å²) < 4.78 is 0. The number of hydrogen-bond acceptors (Lipinski definition) is 3. The van der Waals surface area contributed by atoms with Crippen molar-refractivity contribution in [2.75, 3.05) is 17.2 Å². The second-order valence-electron chi connectivity index (χ2n) is 5.52. The van der Waals surface area contributed by atoms with Crippen molar-refractivity contribution in [3.8, 4) is 0 Å². The van der Waals surface area contributed by atoms with E-state index < -0.39 is 0 Å². The maximum atomic E-state index is 4.62. The lowest BCUT2D eigenvalue weighted by atomic mass is 9.88. The number of hydrogen-bond donors (Lipinski definition) is 2. The molecule has 0 radical (unpaired) electrons. The Morgan fingerprint density at radius 1 is 1.12 bits per heavy atom. The van der Waals surface area contributed by atoms with E-state index in [0.29, 0.717) is 0 Å². The average Bonchev–Trinajstić information content (AvgIpc) is 2.54. The number of nitrogens with zero attached hydrogens (tertiary/aromatic N) is 1. The molecule has 2 aliphatic rings. The van der Waals surface area contributed by atoms with Crippen LogP contribution in [0.25, 0.3) is 0 Å². The number of rotatable bonds is 0. The van der Waals surface area contributed by atoms with Crippen LogP contribution in [0.4, 0.5) is 11.5 Å². The van der Waals surface area contributed by atoms with E-state index in [1.807, 2.05) is 0 Å². The SMILES string of the molecule is Cc1ccc2c(n1)NC1(CCCCCC1)CN2. The van der Waals surface area contributed by atoms with Gasteiger partial charge in [0.15, 0.2) is 0 Å². The topological polar surface area (TPSA) is 37.0 Å². The minimum atomic E-state index is 0.254. The second-order valence-corrected chi connectivity index (χ2v) is 5.52. The molecule has 1 spiro atoms. The molecule has 1 aromatic heterocycles. The van der Waals surface area contributed by atoms with E-state index in [4.69, 9.17) is 0 Å². The van der Waals surface area contributed by atoms with Gasteiger partial charge in [-0.2, -0.15) is 0 Å². The van der Waals surface area contributed by atoms with Crippen LogP contribution in [-0.4, -0.2) is 17.1 Å². The van der Waals surface area contributed by atoms with Crippen molar-refractivity contribution in [2.45, 2.75) is 51.0 Å². The largest absolute Gasteiger partial charge is 0.380 e. The first-order chi connectivity index (χ1) is 8.27. The van der Waals surface area contributed by atoms with Gasteiger partial charge in [-0.1, -0.05) is 25.7 Å². The molecule has 17 heavy (non-hydrogen) atoms. The Balaban J connectivity index is 1.87.